The number of benzene rings is 1. The van der Waals surface area contributed by atoms with E-state index in [1.165, 1.54) is 0 Å². The van der Waals surface area contributed by atoms with Gasteiger partial charge in [-0.3, -0.25) is 0 Å². The SMILES string of the molecule is Nc1cc2[nH]ccc2c(O)c1O. The number of phenols is 2. The molecule has 12 heavy (non-hydrogen) atoms. The van der Waals surface area contributed by atoms with Gasteiger partial charge in [0.1, 0.15) is 0 Å². The van der Waals surface area contributed by atoms with E-state index in [0.29, 0.717) is 10.9 Å². The van der Waals surface area contributed by atoms with Crippen molar-refractivity contribution in [2.45, 2.75) is 0 Å². The van der Waals surface area contributed by atoms with Crippen molar-refractivity contribution in [2.24, 2.45) is 0 Å². The summed E-state index contributed by atoms with van der Waals surface area (Å²) in [5.74, 6) is -0.437. The fourth-order valence-electron chi connectivity index (χ4n) is 1.20. The van der Waals surface area contributed by atoms with Crippen LogP contribution in [0, 0.1) is 0 Å². The summed E-state index contributed by atoms with van der Waals surface area (Å²) in [6, 6.07) is 3.24. The molecule has 0 unspecified atom stereocenters. The molecule has 0 aliphatic rings. The number of anilines is 1. The Morgan fingerprint density at radius 2 is 2.00 bits per heavy atom. The van der Waals surface area contributed by atoms with E-state index in [-0.39, 0.29) is 17.2 Å². The molecule has 0 radical (unpaired) electrons. The Labute approximate surface area is 68.3 Å². The Bertz CT molecular complexity index is 434. The molecule has 0 saturated carbocycles. The van der Waals surface area contributed by atoms with Crippen molar-refractivity contribution in [2.75, 3.05) is 5.73 Å². The lowest BCUT2D eigenvalue weighted by molar-refractivity contribution is 0.410. The minimum Gasteiger partial charge on any atom is -0.504 e. The Balaban J connectivity index is 2.94. The zero-order chi connectivity index (χ0) is 8.72. The van der Waals surface area contributed by atoms with Crippen molar-refractivity contribution >= 4 is 16.6 Å². The predicted molar refractivity (Wildman–Crippen MR) is 46.0 cm³/mol. The highest BCUT2D eigenvalue weighted by Crippen LogP contribution is 2.37. The Morgan fingerprint density at radius 3 is 2.75 bits per heavy atom. The molecular weight excluding hydrogens is 156 g/mol. The van der Waals surface area contributed by atoms with E-state index in [2.05, 4.69) is 4.98 Å². The van der Waals surface area contributed by atoms with Gasteiger partial charge in [-0.05, 0) is 12.1 Å². The summed E-state index contributed by atoms with van der Waals surface area (Å²) in [5, 5.41) is 19.2. The number of nitrogen functional groups attached to an aromatic ring is 1. The lowest BCUT2D eigenvalue weighted by Gasteiger charge is -2.01. The average Bonchev–Trinajstić information content (AvgIpc) is 2.48. The number of hydrogen-bond donors (Lipinski definition) is 4. The summed E-state index contributed by atoms with van der Waals surface area (Å²) in [6.07, 6.45) is 1.67. The number of nitrogens with two attached hydrogens (primary N) is 1. The number of fused-ring (bicyclic) bond motifs is 1. The van der Waals surface area contributed by atoms with Gasteiger partial charge in [0, 0.05) is 11.6 Å². The highest BCUT2D eigenvalue weighted by molar-refractivity contribution is 5.92. The molecule has 4 heteroatoms. The summed E-state index contributed by atoms with van der Waals surface area (Å²) < 4.78 is 0. The third-order valence-electron chi connectivity index (χ3n) is 1.83. The van der Waals surface area contributed by atoms with Crippen LogP contribution in [0.15, 0.2) is 18.3 Å². The topological polar surface area (TPSA) is 82.3 Å². The number of H-pyrrole nitrogens is 1. The first kappa shape index (κ1) is 6.84. The Morgan fingerprint density at radius 1 is 1.25 bits per heavy atom. The quantitative estimate of drug-likeness (QED) is 0.348. The van der Waals surface area contributed by atoms with Crippen molar-refractivity contribution in [3.63, 3.8) is 0 Å². The summed E-state index contributed by atoms with van der Waals surface area (Å²) in [4.78, 5) is 2.88. The predicted octanol–water partition coefficient (Wildman–Crippen LogP) is 1.16. The zero-order valence-corrected chi connectivity index (χ0v) is 6.20. The van der Waals surface area contributed by atoms with Crippen LogP contribution in [-0.4, -0.2) is 15.2 Å². The molecular formula is C8H8N2O2. The van der Waals surface area contributed by atoms with E-state index in [1.807, 2.05) is 0 Å². The van der Waals surface area contributed by atoms with E-state index in [9.17, 15) is 10.2 Å². The Hall–Kier alpha value is -1.84. The molecule has 2 rings (SSSR count). The van der Waals surface area contributed by atoms with Crippen LogP contribution in [0.2, 0.25) is 0 Å². The number of phenolic OH excluding ortho intramolecular Hbond substituents is 2. The van der Waals surface area contributed by atoms with Crippen LogP contribution >= 0.6 is 0 Å². The number of nitrogens with one attached hydrogen (secondary N) is 1. The van der Waals surface area contributed by atoms with Crippen LogP contribution in [0.1, 0.15) is 0 Å². The van der Waals surface area contributed by atoms with Gasteiger partial charge >= 0.3 is 0 Å². The molecule has 0 aliphatic carbocycles. The molecule has 0 fully saturated rings. The maximum atomic E-state index is 9.38. The van der Waals surface area contributed by atoms with Crippen molar-refractivity contribution in [1.29, 1.82) is 0 Å². The molecule has 0 atom stereocenters. The number of aromatic hydroxyl groups is 2. The van der Waals surface area contributed by atoms with Crippen LogP contribution in [0.25, 0.3) is 10.9 Å². The van der Waals surface area contributed by atoms with E-state index < -0.39 is 0 Å². The fourth-order valence-corrected chi connectivity index (χ4v) is 1.20. The first-order valence-corrected chi connectivity index (χ1v) is 3.47. The minimum absolute atomic E-state index is 0.169. The molecule has 0 spiro atoms. The van der Waals surface area contributed by atoms with Gasteiger partial charge in [-0.1, -0.05) is 0 Å². The number of aromatic nitrogens is 1. The van der Waals surface area contributed by atoms with E-state index in [1.54, 1.807) is 18.3 Å². The second-order valence-electron chi connectivity index (χ2n) is 2.60. The van der Waals surface area contributed by atoms with Gasteiger partial charge in [0.25, 0.3) is 0 Å². The van der Waals surface area contributed by atoms with Gasteiger partial charge in [-0.25, -0.2) is 0 Å². The van der Waals surface area contributed by atoms with Gasteiger partial charge in [0.05, 0.1) is 11.2 Å². The Kier molecular flexibility index (Phi) is 1.18. The lowest BCUT2D eigenvalue weighted by atomic mass is 10.2. The van der Waals surface area contributed by atoms with Gasteiger partial charge < -0.3 is 20.9 Å². The number of aromatic amines is 1. The molecule has 62 valence electrons. The number of rotatable bonds is 0. The molecule has 5 N–H and O–H groups in total. The zero-order valence-electron chi connectivity index (χ0n) is 6.20. The van der Waals surface area contributed by atoms with Crippen LogP contribution in [-0.2, 0) is 0 Å². The average molecular weight is 164 g/mol. The normalized spacial score (nSPS) is 10.7. The van der Waals surface area contributed by atoms with Crippen LogP contribution in [0.4, 0.5) is 5.69 Å². The van der Waals surface area contributed by atoms with Crippen molar-refractivity contribution in [1.82, 2.24) is 4.98 Å². The second-order valence-corrected chi connectivity index (χ2v) is 2.60. The van der Waals surface area contributed by atoms with E-state index in [4.69, 9.17) is 5.73 Å². The maximum Gasteiger partial charge on any atom is 0.181 e. The van der Waals surface area contributed by atoms with Crippen molar-refractivity contribution in [3.8, 4) is 11.5 Å². The monoisotopic (exact) mass is 164 g/mol. The summed E-state index contributed by atoms with van der Waals surface area (Å²) in [5.41, 5.74) is 6.30. The third kappa shape index (κ3) is 0.717. The van der Waals surface area contributed by atoms with Crippen LogP contribution in [0.5, 0.6) is 11.5 Å². The van der Waals surface area contributed by atoms with Gasteiger partial charge in [0.2, 0.25) is 0 Å². The molecule has 1 aromatic carbocycles. The van der Waals surface area contributed by atoms with Gasteiger partial charge in [-0.2, -0.15) is 0 Å². The van der Waals surface area contributed by atoms with E-state index >= 15 is 0 Å². The summed E-state index contributed by atoms with van der Waals surface area (Å²) in [6.45, 7) is 0. The van der Waals surface area contributed by atoms with Crippen LogP contribution in [0.3, 0.4) is 0 Å². The molecule has 0 amide bonds. The first-order valence-electron chi connectivity index (χ1n) is 3.47. The molecule has 4 nitrogen and oxygen atoms in total. The fraction of sp³-hybridized carbons (Fsp3) is 0. The highest BCUT2D eigenvalue weighted by Gasteiger charge is 2.09. The molecule has 0 saturated heterocycles. The second kappa shape index (κ2) is 2.07. The molecule has 2 aromatic rings. The maximum absolute atomic E-state index is 9.38. The van der Waals surface area contributed by atoms with Gasteiger partial charge in [0.15, 0.2) is 11.5 Å². The molecule has 0 bridgehead atoms. The number of hydrogen-bond acceptors (Lipinski definition) is 3. The van der Waals surface area contributed by atoms with Gasteiger partial charge in [-0.15, -0.1) is 0 Å². The largest absolute Gasteiger partial charge is 0.504 e. The van der Waals surface area contributed by atoms with E-state index in [0.717, 1.165) is 0 Å². The smallest absolute Gasteiger partial charge is 0.181 e. The summed E-state index contributed by atoms with van der Waals surface area (Å²) in [7, 11) is 0. The van der Waals surface area contributed by atoms with Crippen molar-refractivity contribution < 1.29 is 10.2 Å². The standard InChI is InChI=1S/C8H8N2O2/c9-5-3-6-4(1-2-10-6)7(11)8(5)12/h1-3,10-12H,9H2. The lowest BCUT2D eigenvalue weighted by Crippen LogP contribution is -1.85. The van der Waals surface area contributed by atoms with Crippen LogP contribution < -0.4 is 5.73 Å². The molecule has 1 aromatic heterocycles. The minimum atomic E-state index is -0.262. The summed E-state index contributed by atoms with van der Waals surface area (Å²) >= 11 is 0. The molecule has 1 heterocycles. The molecule has 0 aliphatic heterocycles. The third-order valence-corrected chi connectivity index (χ3v) is 1.83. The van der Waals surface area contributed by atoms with Crippen molar-refractivity contribution in [3.05, 3.63) is 18.3 Å². The highest BCUT2D eigenvalue weighted by atomic mass is 16.3. The first-order chi connectivity index (χ1) is 5.70.